The number of allylic oxidation sites excluding steroid dienone is 2. The van der Waals surface area contributed by atoms with Gasteiger partial charge in [-0.25, -0.2) is 0 Å². The van der Waals surface area contributed by atoms with Crippen molar-refractivity contribution in [1.82, 2.24) is 0 Å². The molecule has 0 saturated carbocycles. The van der Waals surface area contributed by atoms with Crippen LogP contribution in [-0.4, -0.2) is 5.92 Å². The Morgan fingerprint density at radius 1 is 0.596 bits per heavy atom. The standard InChI is InChI=1S/C21H23.C20H21.C2H7Si.2ClH.Zr/c1-4-6-17-8-10-18(11-9-17)19-12-7-15(3)20-13-16(5-2)14-21(19)20;1-4-5-16-7-9-17(10-8-16)18-11-6-15(3)19-12-14(2)13-20(18)19;1-3-2;;;/h7-14H,4-6H2,1-3H3;6-13H,4-5H2,1-3H3;3H,1-2H3;2*1H;/q;;;;;+2/p-2. The number of benzene rings is 4. The van der Waals surface area contributed by atoms with E-state index in [0.29, 0.717) is 0 Å². The molecule has 245 valence electrons. The number of hydrogen-bond acceptors (Lipinski definition) is 0. The topological polar surface area (TPSA) is 0 Å². The Hall–Kier alpha value is -1.96. The number of fused-ring (bicyclic) bond motifs is 2. The van der Waals surface area contributed by atoms with Gasteiger partial charge in [0.1, 0.15) is 0 Å². The quantitative estimate of drug-likeness (QED) is 0.141. The van der Waals surface area contributed by atoms with Crippen molar-refractivity contribution in [3.8, 4) is 22.3 Å². The summed E-state index contributed by atoms with van der Waals surface area (Å²) in [6.45, 7) is 18.6. The summed E-state index contributed by atoms with van der Waals surface area (Å²) >= 11 is -4.82. The molecule has 0 aromatic heterocycles. The maximum absolute atomic E-state index is 8.67. The summed E-state index contributed by atoms with van der Waals surface area (Å²) in [7, 11) is 17.3. The first-order valence-electron chi connectivity index (χ1n) is 17.9. The van der Waals surface area contributed by atoms with E-state index in [-0.39, 0.29) is 7.25 Å². The minimum atomic E-state index is -4.82. The van der Waals surface area contributed by atoms with Crippen LogP contribution in [0.4, 0.5) is 0 Å². The molecule has 2 atom stereocenters. The van der Waals surface area contributed by atoms with Gasteiger partial charge >= 0.3 is 295 Å². The van der Waals surface area contributed by atoms with Crippen LogP contribution in [0.25, 0.3) is 34.4 Å². The molecule has 0 nitrogen and oxygen atoms in total. The molecule has 0 radical (unpaired) electrons. The molecule has 0 aliphatic heterocycles. The molecule has 4 aromatic carbocycles. The molecule has 0 saturated heterocycles. The molecule has 6 rings (SSSR count). The van der Waals surface area contributed by atoms with Crippen LogP contribution in [0.15, 0.2) is 83.9 Å². The van der Waals surface area contributed by atoms with Gasteiger partial charge in [0.25, 0.3) is 0 Å². The van der Waals surface area contributed by atoms with E-state index >= 15 is 0 Å². The third kappa shape index (κ3) is 5.78. The van der Waals surface area contributed by atoms with Gasteiger partial charge in [-0.15, -0.1) is 0 Å². The first-order valence-corrected chi connectivity index (χ1v) is 34.2. The zero-order valence-corrected chi connectivity index (χ0v) is 34.7. The fourth-order valence-corrected chi connectivity index (χ4v) is 41.3. The summed E-state index contributed by atoms with van der Waals surface area (Å²) < 4.78 is 0.212. The fraction of sp³-hybridized carbons (Fsp3) is 0.349. The van der Waals surface area contributed by atoms with Crippen LogP contribution in [0.2, 0.25) is 13.1 Å². The van der Waals surface area contributed by atoms with Crippen molar-refractivity contribution in [2.24, 2.45) is 0 Å². The first-order chi connectivity index (χ1) is 22.4. The van der Waals surface area contributed by atoms with Gasteiger partial charge in [-0.2, -0.15) is 0 Å². The van der Waals surface area contributed by atoms with E-state index in [1.807, 2.05) is 0 Å². The third-order valence-corrected chi connectivity index (χ3v) is 63.3. The molecule has 4 heteroatoms. The van der Waals surface area contributed by atoms with Crippen LogP contribution in [0.3, 0.4) is 0 Å². The summed E-state index contributed by atoms with van der Waals surface area (Å²) in [4.78, 5) is 0. The summed E-state index contributed by atoms with van der Waals surface area (Å²) in [6, 6.07) is 27.7. The number of rotatable bonds is 10. The Labute approximate surface area is 293 Å². The molecule has 2 unspecified atom stereocenters. The van der Waals surface area contributed by atoms with E-state index in [1.165, 1.54) is 77.9 Å². The zero-order valence-electron chi connectivity index (χ0n) is 29.6. The van der Waals surface area contributed by atoms with Crippen molar-refractivity contribution in [1.29, 1.82) is 0 Å². The summed E-state index contributed by atoms with van der Waals surface area (Å²) in [6.07, 6.45) is 10.5. The zero-order chi connectivity index (χ0) is 33.7. The van der Waals surface area contributed by atoms with Gasteiger partial charge in [-0.3, -0.25) is 0 Å². The Balaban J connectivity index is 1.54. The average molecular weight is 758 g/mol. The van der Waals surface area contributed by atoms with Crippen molar-refractivity contribution in [2.75, 3.05) is 0 Å². The van der Waals surface area contributed by atoms with Gasteiger partial charge in [-0.1, -0.05) is 0 Å². The number of halogens is 2. The third-order valence-electron chi connectivity index (χ3n) is 11.3. The first kappa shape index (κ1) is 34.9. The molecule has 2 aliphatic carbocycles. The average Bonchev–Trinajstić information content (AvgIpc) is 3.63. The summed E-state index contributed by atoms with van der Waals surface area (Å²) in [5.74, 6) is -1.62. The molecule has 0 fully saturated rings. The van der Waals surface area contributed by atoms with Crippen LogP contribution in [0.5, 0.6) is 0 Å². The Morgan fingerprint density at radius 3 is 1.47 bits per heavy atom. The van der Waals surface area contributed by atoms with Gasteiger partial charge in [-0.05, 0) is 0 Å². The molecule has 47 heavy (non-hydrogen) atoms. The molecular weight excluding hydrogens is 707 g/mol. The van der Waals surface area contributed by atoms with Crippen molar-refractivity contribution in [3.63, 3.8) is 0 Å². The molecule has 4 aromatic rings. The van der Waals surface area contributed by atoms with Gasteiger partial charge < -0.3 is 0 Å². The van der Waals surface area contributed by atoms with Crippen LogP contribution in [0, 0.1) is 13.8 Å². The molecule has 0 spiro atoms. The van der Waals surface area contributed by atoms with Gasteiger partial charge in [0.05, 0.1) is 0 Å². The van der Waals surface area contributed by atoms with Crippen LogP contribution in [0.1, 0.15) is 98.7 Å². The monoisotopic (exact) mass is 755 g/mol. The van der Waals surface area contributed by atoms with E-state index < -0.39 is 21.5 Å². The van der Waals surface area contributed by atoms with Gasteiger partial charge in [0.2, 0.25) is 0 Å². The maximum atomic E-state index is 8.67. The fourth-order valence-electron chi connectivity index (χ4n) is 8.82. The molecule has 0 heterocycles. The molecular formula is C43H51Cl2SiZr. The van der Waals surface area contributed by atoms with E-state index in [4.69, 9.17) is 17.0 Å². The Bertz CT molecular complexity index is 1880. The van der Waals surface area contributed by atoms with E-state index in [2.05, 4.69) is 140 Å². The van der Waals surface area contributed by atoms with Crippen LogP contribution >= 0.6 is 17.0 Å². The predicted molar refractivity (Wildman–Crippen MR) is 209 cm³/mol. The second kappa shape index (κ2) is 13.4. The normalized spacial score (nSPS) is 18.1. The van der Waals surface area contributed by atoms with Gasteiger partial charge in [0.15, 0.2) is 0 Å². The van der Waals surface area contributed by atoms with Crippen LogP contribution in [-0.2, 0) is 28.4 Å². The van der Waals surface area contributed by atoms with E-state index in [1.54, 1.807) is 0 Å². The van der Waals surface area contributed by atoms with Crippen molar-refractivity contribution >= 4 is 35.1 Å². The SMILES string of the molecule is CCCc1ccc(-c2ccc(C)c3c2C=C(C)[CH]3[Zr]([Cl])([Cl])([CH]2C(CC)=Cc3c(-c4ccc(CCC)cc4)ccc(C)c32)[SiH](C)C)cc1. The van der Waals surface area contributed by atoms with Crippen molar-refractivity contribution in [2.45, 2.75) is 94.0 Å². The Morgan fingerprint density at radius 2 is 1.04 bits per heavy atom. The Kier molecular flexibility index (Phi) is 9.94. The second-order valence-corrected chi connectivity index (χ2v) is 57.1. The molecule has 2 aliphatic rings. The van der Waals surface area contributed by atoms with Gasteiger partial charge in [0, 0.05) is 0 Å². The predicted octanol–water partition coefficient (Wildman–Crippen LogP) is 13.5. The molecule has 0 N–H and O–H groups in total. The van der Waals surface area contributed by atoms with Crippen molar-refractivity contribution in [3.05, 3.63) is 128 Å². The van der Waals surface area contributed by atoms with Crippen molar-refractivity contribution < 1.29 is 15.6 Å². The molecule has 0 bridgehead atoms. The molecule has 0 amide bonds. The summed E-state index contributed by atoms with van der Waals surface area (Å²) in [5.41, 5.74) is 18.9. The number of hydrogen-bond donors (Lipinski definition) is 0. The second-order valence-electron chi connectivity index (χ2n) is 14.6. The van der Waals surface area contributed by atoms with E-state index in [9.17, 15) is 0 Å². The number of aryl methyl sites for hydroxylation is 4. The minimum absolute atomic E-state index is 0.100. The summed E-state index contributed by atoms with van der Waals surface area (Å²) in [5, 5.41) is 0. The van der Waals surface area contributed by atoms with E-state index in [0.717, 1.165) is 32.1 Å². The van der Waals surface area contributed by atoms with Crippen LogP contribution < -0.4 is 0 Å².